The normalized spacial score (nSPS) is 10.8. The number of hydrogen-bond acceptors (Lipinski definition) is 1. The fraction of sp³-hybridized carbons (Fsp3) is 0.182. The van der Waals surface area contributed by atoms with Gasteiger partial charge in [-0.15, -0.1) is 0 Å². The van der Waals surface area contributed by atoms with E-state index in [2.05, 4.69) is 92.7 Å². The van der Waals surface area contributed by atoms with Gasteiger partial charge in [-0.2, -0.15) is 0 Å². The van der Waals surface area contributed by atoms with Crippen molar-refractivity contribution < 1.29 is 4.74 Å². The van der Waals surface area contributed by atoms with Crippen LogP contribution < -0.4 is 4.74 Å². The number of aryl methyl sites for hydroxylation is 1. The summed E-state index contributed by atoms with van der Waals surface area (Å²) >= 11 is 0. The maximum absolute atomic E-state index is 5.79. The summed E-state index contributed by atoms with van der Waals surface area (Å²) in [5, 5.41) is 0. The van der Waals surface area contributed by atoms with Crippen molar-refractivity contribution in [1.82, 2.24) is 0 Å². The molecule has 0 unspecified atom stereocenters. The van der Waals surface area contributed by atoms with Gasteiger partial charge < -0.3 is 4.74 Å². The Morgan fingerprint density at radius 2 is 1.38 bits per heavy atom. The Kier molecular flexibility index (Phi) is 5.60. The lowest BCUT2D eigenvalue weighted by molar-refractivity contribution is 0.317. The number of rotatable bonds is 6. The summed E-state index contributed by atoms with van der Waals surface area (Å²) in [6.45, 7) is 5.07. The first-order valence-electron chi connectivity index (χ1n) is 8.37. The average Bonchev–Trinajstić information content (AvgIpc) is 2.64. The topological polar surface area (TPSA) is 9.23 Å². The van der Waals surface area contributed by atoms with Gasteiger partial charge in [0.1, 0.15) is 5.75 Å². The van der Waals surface area contributed by atoms with E-state index >= 15 is 0 Å². The molecule has 3 rings (SSSR count). The zero-order chi connectivity index (χ0) is 16.8. The van der Waals surface area contributed by atoms with E-state index in [1.807, 2.05) is 0 Å². The highest BCUT2D eigenvalue weighted by molar-refractivity contribution is 7.97. The van der Waals surface area contributed by atoms with Gasteiger partial charge in [-0.3, -0.25) is 0 Å². The summed E-state index contributed by atoms with van der Waals surface area (Å²) in [7, 11) is -0.0958. The second kappa shape index (κ2) is 8.07. The molecule has 0 fully saturated rings. The second-order valence-electron chi connectivity index (χ2n) is 5.71. The Balaban J connectivity index is 2.03. The molecule has 0 heterocycles. The van der Waals surface area contributed by atoms with Crippen molar-refractivity contribution in [3.63, 3.8) is 0 Å². The third kappa shape index (κ3) is 3.82. The number of ether oxygens (including phenoxy) is 1. The van der Waals surface area contributed by atoms with Crippen molar-refractivity contribution in [2.75, 3.05) is 6.61 Å². The number of benzene rings is 3. The zero-order valence-corrected chi connectivity index (χ0v) is 15.1. The van der Waals surface area contributed by atoms with Gasteiger partial charge in [0, 0.05) is 5.56 Å². The molecule has 0 spiro atoms. The van der Waals surface area contributed by atoms with Crippen LogP contribution in [-0.4, -0.2) is 6.61 Å². The third-order valence-electron chi connectivity index (χ3n) is 3.80. The van der Waals surface area contributed by atoms with Gasteiger partial charge >= 0.3 is 0 Å². The quantitative estimate of drug-likeness (QED) is 0.511. The van der Waals surface area contributed by atoms with Gasteiger partial charge in [0.25, 0.3) is 0 Å². The third-order valence-corrected chi connectivity index (χ3v) is 6.18. The average molecular weight is 335 g/mol. The summed E-state index contributed by atoms with van der Waals surface area (Å²) in [6, 6.07) is 28.0. The van der Waals surface area contributed by atoms with Gasteiger partial charge in [-0.25, -0.2) is 0 Å². The molecule has 0 bridgehead atoms. The van der Waals surface area contributed by atoms with Crippen LogP contribution in [0, 0.1) is 6.92 Å². The van der Waals surface area contributed by atoms with E-state index in [1.165, 1.54) is 20.2 Å². The molecule has 122 valence electrons. The molecule has 24 heavy (non-hydrogen) atoms. The maximum atomic E-state index is 5.79. The SMILES string of the molecule is CCCOc1ccc([S+](c2ccccc2)c2ccccc2)c(C)c1. The monoisotopic (exact) mass is 335 g/mol. The van der Waals surface area contributed by atoms with Crippen LogP contribution in [0.25, 0.3) is 0 Å². The second-order valence-corrected chi connectivity index (χ2v) is 7.70. The van der Waals surface area contributed by atoms with Crippen LogP contribution in [0.2, 0.25) is 0 Å². The highest BCUT2D eigenvalue weighted by Crippen LogP contribution is 2.34. The lowest BCUT2D eigenvalue weighted by atomic mass is 10.2. The summed E-state index contributed by atoms with van der Waals surface area (Å²) < 4.78 is 5.79. The Bertz CT molecular complexity index is 729. The van der Waals surface area contributed by atoms with Crippen LogP contribution in [0.1, 0.15) is 18.9 Å². The predicted molar refractivity (Wildman–Crippen MR) is 102 cm³/mol. The van der Waals surface area contributed by atoms with E-state index in [-0.39, 0.29) is 10.9 Å². The highest BCUT2D eigenvalue weighted by Gasteiger charge is 2.30. The first-order chi connectivity index (χ1) is 11.8. The minimum absolute atomic E-state index is 0.0958. The van der Waals surface area contributed by atoms with Crippen molar-refractivity contribution in [2.45, 2.75) is 35.0 Å². The first-order valence-corrected chi connectivity index (χ1v) is 9.60. The molecule has 0 amide bonds. The van der Waals surface area contributed by atoms with Gasteiger partial charge in [0.2, 0.25) is 0 Å². The van der Waals surface area contributed by atoms with Gasteiger partial charge in [0.05, 0.1) is 17.5 Å². The van der Waals surface area contributed by atoms with E-state index in [0.717, 1.165) is 18.8 Å². The van der Waals surface area contributed by atoms with E-state index in [0.29, 0.717) is 0 Å². The fourth-order valence-electron chi connectivity index (χ4n) is 2.66. The van der Waals surface area contributed by atoms with Crippen molar-refractivity contribution in [2.24, 2.45) is 0 Å². The van der Waals surface area contributed by atoms with Crippen molar-refractivity contribution in [3.05, 3.63) is 84.4 Å². The summed E-state index contributed by atoms with van der Waals surface area (Å²) in [6.07, 6.45) is 1.03. The van der Waals surface area contributed by atoms with Gasteiger partial charge in [0.15, 0.2) is 14.7 Å². The van der Waals surface area contributed by atoms with Crippen LogP contribution in [0.15, 0.2) is 93.5 Å². The van der Waals surface area contributed by atoms with Gasteiger partial charge in [-0.1, -0.05) is 43.3 Å². The molecule has 3 aromatic carbocycles. The molecule has 3 aromatic rings. The molecule has 0 N–H and O–H groups in total. The lowest BCUT2D eigenvalue weighted by Gasteiger charge is -2.12. The standard InChI is InChI=1S/C22H23OS/c1-3-16-23-19-14-15-22(18(2)17-19)24(20-10-6-4-7-11-20)21-12-8-5-9-13-21/h4-15,17H,3,16H2,1-2H3/q+1. The van der Waals surface area contributed by atoms with Crippen LogP contribution in [0.5, 0.6) is 5.75 Å². The van der Waals surface area contributed by atoms with Crippen molar-refractivity contribution in [3.8, 4) is 5.75 Å². The Morgan fingerprint density at radius 3 is 1.88 bits per heavy atom. The van der Waals surface area contributed by atoms with Gasteiger partial charge in [-0.05, 0) is 55.8 Å². The molecule has 0 aliphatic rings. The smallest absolute Gasteiger partial charge is 0.169 e. The Morgan fingerprint density at radius 1 is 0.792 bits per heavy atom. The molecule has 0 aromatic heterocycles. The van der Waals surface area contributed by atoms with E-state index in [4.69, 9.17) is 4.74 Å². The molecule has 0 radical (unpaired) electrons. The lowest BCUT2D eigenvalue weighted by Crippen LogP contribution is -2.07. The molecule has 0 aliphatic heterocycles. The number of hydrogen-bond donors (Lipinski definition) is 0. The fourth-order valence-corrected chi connectivity index (χ4v) is 4.89. The molecule has 0 aliphatic carbocycles. The molecular weight excluding hydrogens is 312 g/mol. The van der Waals surface area contributed by atoms with E-state index < -0.39 is 0 Å². The summed E-state index contributed by atoms with van der Waals surface area (Å²) in [4.78, 5) is 4.04. The Labute approximate surface area is 147 Å². The molecule has 0 saturated heterocycles. The molecular formula is C22H23OS+. The minimum atomic E-state index is -0.0958. The van der Waals surface area contributed by atoms with Crippen LogP contribution in [0.4, 0.5) is 0 Å². The molecule has 1 nitrogen and oxygen atoms in total. The highest BCUT2D eigenvalue weighted by atomic mass is 32.2. The van der Waals surface area contributed by atoms with E-state index in [9.17, 15) is 0 Å². The zero-order valence-electron chi connectivity index (χ0n) is 14.2. The van der Waals surface area contributed by atoms with Crippen LogP contribution in [0.3, 0.4) is 0 Å². The van der Waals surface area contributed by atoms with Crippen molar-refractivity contribution in [1.29, 1.82) is 0 Å². The minimum Gasteiger partial charge on any atom is -0.494 e. The molecule has 0 atom stereocenters. The molecule has 2 heteroatoms. The Hall–Kier alpha value is -2.19. The van der Waals surface area contributed by atoms with Crippen molar-refractivity contribution >= 4 is 10.9 Å². The van der Waals surface area contributed by atoms with Crippen LogP contribution in [-0.2, 0) is 10.9 Å². The molecule has 0 saturated carbocycles. The first kappa shape index (κ1) is 16.7. The largest absolute Gasteiger partial charge is 0.494 e. The maximum Gasteiger partial charge on any atom is 0.169 e. The van der Waals surface area contributed by atoms with Crippen LogP contribution >= 0.6 is 0 Å². The predicted octanol–water partition coefficient (Wildman–Crippen LogP) is 5.88. The van der Waals surface area contributed by atoms with E-state index in [1.54, 1.807) is 0 Å². The summed E-state index contributed by atoms with van der Waals surface area (Å²) in [5.74, 6) is 0.961. The summed E-state index contributed by atoms with van der Waals surface area (Å²) in [5.41, 5.74) is 1.28.